The maximum Gasteiger partial charge on any atom is 0.246 e. The first-order valence-corrected chi connectivity index (χ1v) is 9.16. The number of piperidine rings is 1. The molecule has 1 aromatic heterocycles. The van der Waals surface area contributed by atoms with E-state index in [1.807, 2.05) is 0 Å². The molecule has 0 radical (unpaired) electrons. The summed E-state index contributed by atoms with van der Waals surface area (Å²) in [4.78, 5) is 0.352. The topological polar surface area (TPSA) is 67.2 Å². The minimum absolute atomic E-state index is 0.352. The minimum atomic E-state index is -3.41. The van der Waals surface area contributed by atoms with Gasteiger partial charge in [0.25, 0.3) is 0 Å². The third-order valence-electron chi connectivity index (χ3n) is 4.69. The normalized spacial score (nSPS) is 28.1. The van der Waals surface area contributed by atoms with Gasteiger partial charge < -0.3 is 5.32 Å². The summed E-state index contributed by atoms with van der Waals surface area (Å²) in [5, 5.41) is 7.74. The van der Waals surface area contributed by atoms with Gasteiger partial charge in [-0.3, -0.25) is 4.68 Å². The van der Waals surface area contributed by atoms with Gasteiger partial charge in [0.1, 0.15) is 4.90 Å². The van der Waals surface area contributed by atoms with Crippen LogP contribution in [0.2, 0.25) is 0 Å². The highest BCUT2D eigenvalue weighted by atomic mass is 32.2. The van der Waals surface area contributed by atoms with Crippen LogP contribution in [0.4, 0.5) is 0 Å². The standard InChI is InChI=1S/C14H24N4O2S/c1-11-14(10-17(2)16-11)21(19,20)18-8-6-13-12(9-18)5-3-4-7-15-13/h10,12-13,15H,3-9H2,1-2H3/t12-,13+/m0/s1. The van der Waals surface area contributed by atoms with Crippen molar-refractivity contribution in [2.75, 3.05) is 19.6 Å². The number of aryl methyl sites for hydroxylation is 2. The van der Waals surface area contributed by atoms with E-state index < -0.39 is 10.0 Å². The molecule has 2 atom stereocenters. The average Bonchev–Trinajstić information content (AvgIpc) is 2.66. The van der Waals surface area contributed by atoms with E-state index in [0.717, 1.165) is 19.4 Å². The first-order valence-electron chi connectivity index (χ1n) is 7.72. The Balaban J connectivity index is 1.82. The summed E-state index contributed by atoms with van der Waals surface area (Å²) in [6, 6.07) is 0.481. The predicted molar refractivity (Wildman–Crippen MR) is 80.5 cm³/mol. The van der Waals surface area contributed by atoms with Gasteiger partial charge in [-0.05, 0) is 38.6 Å². The van der Waals surface area contributed by atoms with E-state index in [-0.39, 0.29) is 0 Å². The van der Waals surface area contributed by atoms with Gasteiger partial charge in [0.05, 0.1) is 5.69 Å². The fourth-order valence-corrected chi connectivity index (χ4v) is 5.28. The van der Waals surface area contributed by atoms with Crippen molar-refractivity contribution in [3.63, 3.8) is 0 Å². The molecule has 2 aliphatic rings. The number of nitrogens with one attached hydrogen (secondary N) is 1. The van der Waals surface area contributed by atoms with Gasteiger partial charge in [-0.15, -0.1) is 0 Å². The minimum Gasteiger partial charge on any atom is -0.314 e. The van der Waals surface area contributed by atoms with Crippen LogP contribution in [-0.2, 0) is 17.1 Å². The molecule has 0 amide bonds. The average molecular weight is 312 g/mol. The van der Waals surface area contributed by atoms with Crippen molar-refractivity contribution in [2.24, 2.45) is 13.0 Å². The van der Waals surface area contributed by atoms with E-state index in [1.54, 1.807) is 29.2 Å². The van der Waals surface area contributed by atoms with Crippen LogP contribution in [0.3, 0.4) is 0 Å². The second kappa shape index (κ2) is 5.70. The Bertz CT molecular complexity index is 610. The predicted octanol–water partition coefficient (Wildman–Crippen LogP) is 0.881. The second-order valence-corrected chi connectivity index (χ2v) is 8.13. The number of nitrogens with zero attached hydrogens (tertiary/aromatic N) is 3. The summed E-state index contributed by atoms with van der Waals surface area (Å²) in [6.07, 6.45) is 6.02. The molecule has 6 nitrogen and oxygen atoms in total. The summed E-state index contributed by atoms with van der Waals surface area (Å²) in [6.45, 7) is 4.06. The molecular weight excluding hydrogens is 288 g/mol. The Labute approximate surface area is 126 Å². The van der Waals surface area contributed by atoms with E-state index in [9.17, 15) is 8.42 Å². The number of hydrogen-bond acceptors (Lipinski definition) is 4. The van der Waals surface area contributed by atoms with Crippen molar-refractivity contribution in [3.8, 4) is 0 Å². The lowest BCUT2D eigenvalue weighted by molar-refractivity contribution is 0.209. The molecule has 2 fully saturated rings. The molecule has 0 aliphatic carbocycles. The summed E-state index contributed by atoms with van der Waals surface area (Å²) >= 11 is 0. The van der Waals surface area contributed by atoms with Crippen LogP contribution in [-0.4, -0.2) is 48.2 Å². The maximum absolute atomic E-state index is 12.8. The number of rotatable bonds is 2. The van der Waals surface area contributed by atoms with Gasteiger partial charge >= 0.3 is 0 Å². The highest BCUT2D eigenvalue weighted by Crippen LogP contribution is 2.29. The number of sulfonamides is 1. The molecule has 0 spiro atoms. The Kier molecular flexibility index (Phi) is 4.07. The first kappa shape index (κ1) is 15.0. The van der Waals surface area contributed by atoms with E-state index in [0.29, 0.717) is 35.6 Å². The zero-order valence-electron chi connectivity index (χ0n) is 12.7. The van der Waals surface area contributed by atoms with E-state index in [2.05, 4.69) is 10.4 Å². The van der Waals surface area contributed by atoms with Crippen molar-refractivity contribution in [3.05, 3.63) is 11.9 Å². The fraction of sp³-hybridized carbons (Fsp3) is 0.786. The fourth-order valence-electron chi connectivity index (χ4n) is 3.57. The van der Waals surface area contributed by atoms with E-state index in [4.69, 9.17) is 0 Å². The monoisotopic (exact) mass is 312 g/mol. The van der Waals surface area contributed by atoms with Gasteiger partial charge in [0.15, 0.2) is 0 Å². The highest BCUT2D eigenvalue weighted by molar-refractivity contribution is 7.89. The molecule has 2 saturated heterocycles. The third kappa shape index (κ3) is 2.86. The lowest BCUT2D eigenvalue weighted by atomic mass is 9.90. The zero-order chi connectivity index (χ0) is 15.0. The summed E-state index contributed by atoms with van der Waals surface area (Å²) in [7, 11) is -1.65. The largest absolute Gasteiger partial charge is 0.314 e. The van der Waals surface area contributed by atoms with Crippen LogP contribution in [0.15, 0.2) is 11.1 Å². The second-order valence-electron chi connectivity index (χ2n) is 6.22. The molecule has 0 unspecified atom stereocenters. The van der Waals surface area contributed by atoms with E-state index >= 15 is 0 Å². The molecule has 0 aromatic carbocycles. The maximum atomic E-state index is 12.8. The molecule has 3 heterocycles. The molecule has 0 saturated carbocycles. The van der Waals surface area contributed by atoms with Crippen molar-refractivity contribution < 1.29 is 8.42 Å². The summed E-state index contributed by atoms with van der Waals surface area (Å²) < 4.78 is 28.9. The summed E-state index contributed by atoms with van der Waals surface area (Å²) in [5.74, 6) is 0.438. The zero-order valence-corrected chi connectivity index (χ0v) is 13.6. The van der Waals surface area contributed by atoms with E-state index in [1.165, 1.54) is 12.8 Å². The molecule has 2 aliphatic heterocycles. The highest BCUT2D eigenvalue weighted by Gasteiger charge is 2.36. The summed E-state index contributed by atoms with van der Waals surface area (Å²) in [5.41, 5.74) is 0.582. The van der Waals surface area contributed by atoms with Crippen LogP contribution in [0, 0.1) is 12.8 Å². The number of hydrogen-bond donors (Lipinski definition) is 1. The Hall–Kier alpha value is -0.920. The molecule has 3 rings (SSSR count). The molecule has 7 heteroatoms. The smallest absolute Gasteiger partial charge is 0.246 e. The van der Waals surface area contributed by atoms with Crippen LogP contribution in [0.25, 0.3) is 0 Å². The molecular formula is C14H24N4O2S. The molecule has 1 N–H and O–H groups in total. The van der Waals surface area contributed by atoms with Gasteiger partial charge in [-0.1, -0.05) is 6.42 Å². The molecule has 0 bridgehead atoms. The van der Waals surface area contributed by atoms with Crippen LogP contribution >= 0.6 is 0 Å². The lowest BCUT2D eigenvalue weighted by Gasteiger charge is -2.37. The molecule has 1 aromatic rings. The van der Waals surface area contributed by atoms with Crippen molar-refractivity contribution in [1.82, 2.24) is 19.4 Å². The third-order valence-corrected chi connectivity index (χ3v) is 6.66. The SMILES string of the molecule is Cc1nn(C)cc1S(=O)(=O)N1CC[C@H]2NCCCC[C@H]2C1. The Morgan fingerprint density at radius 1 is 1.33 bits per heavy atom. The van der Waals surface area contributed by atoms with Crippen LogP contribution in [0.5, 0.6) is 0 Å². The lowest BCUT2D eigenvalue weighted by Crippen LogP contribution is -2.50. The van der Waals surface area contributed by atoms with Crippen LogP contribution in [0.1, 0.15) is 31.4 Å². The quantitative estimate of drug-likeness (QED) is 0.880. The Morgan fingerprint density at radius 2 is 2.14 bits per heavy atom. The van der Waals surface area contributed by atoms with Crippen molar-refractivity contribution in [2.45, 2.75) is 43.5 Å². The van der Waals surface area contributed by atoms with Gasteiger partial charge in [-0.2, -0.15) is 9.40 Å². The number of fused-ring (bicyclic) bond motifs is 1. The Morgan fingerprint density at radius 3 is 2.86 bits per heavy atom. The van der Waals surface area contributed by atoms with Gasteiger partial charge in [-0.25, -0.2) is 8.42 Å². The van der Waals surface area contributed by atoms with Crippen LogP contribution < -0.4 is 5.32 Å². The van der Waals surface area contributed by atoms with Crippen molar-refractivity contribution >= 4 is 10.0 Å². The van der Waals surface area contributed by atoms with Gasteiger partial charge in [0.2, 0.25) is 10.0 Å². The molecule has 21 heavy (non-hydrogen) atoms. The number of aromatic nitrogens is 2. The first-order chi connectivity index (χ1) is 9.98. The molecule has 118 valence electrons. The van der Waals surface area contributed by atoms with Crippen molar-refractivity contribution in [1.29, 1.82) is 0 Å². The van der Waals surface area contributed by atoms with Gasteiger partial charge in [0, 0.05) is 32.4 Å².